The van der Waals surface area contributed by atoms with Crippen LogP contribution in [0.5, 0.6) is 0 Å². The van der Waals surface area contributed by atoms with Gasteiger partial charge in [-0.05, 0) is 62.2 Å². The van der Waals surface area contributed by atoms with Gasteiger partial charge < -0.3 is 9.73 Å². The van der Waals surface area contributed by atoms with Crippen molar-refractivity contribution >= 4 is 22.6 Å². The standard InChI is InChI=1S/C22H24N2O3/c1-14-8-9-18-17(11-22(26)27-20(18)10-14)12-24(4)13-21(25)23-19-7-5-6-15(2)16(19)3/h5-11H,12-13H2,1-4H3,(H,23,25). The minimum atomic E-state index is -0.378. The molecule has 5 nitrogen and oxygen atoms in total. The van der Waals surface area contributed by atoms with Gasteiger partial charge in [-0.15, -0.1) is 0 Å². The minimum Gasteiger partial charge on any atom is -0.423 e. The SMILES string of the molecule is Cc1ccc2c(CN(C)CC(=O)Nc3cccc(C)c3C)cc(=O)oc2c1. The molecular formula is C22H24N2O3. The second-order valence-electron chi connectivity index (χ2n) is 7.06. The number of hydrogen-bond donors (Lipinski definition) is 1. The largest absolute Gasteiger partial charge is 0.423 e. The molecule has 140 valence electrons. The quantitative estimate of drug-likeness (QED) is 0.700. The van der Waals surface area contributed by atoms with E-state index < -0.39 is 0 Å². The average Bonchev–Trinajstić information content (AvgIpc) is 2.58. The van der Waals surface area contributed by atoms with E-state index >= 15 is 0 Å². The molecule has 0 bridgehead atoms. The third-order valence-electron chi connectivity index (χ3n) is 4.72. The second kappa shape index (κ2) is 7.76. The number of nitrogens with zero attached hydrogens (tertiary/aromatic N) is 1. The predicted octanol–water partition coefficient (Wildman–Crippen LogP) is 3.79. The van der Waals surface area contributed by atoms with Gasteiger partial charge in [0, 0.05) is 23.7 Å². The highest BCUT2D eigenvalue weighted by Gasteiger charge is 2.12. The summed E-state index contributed by atoms with van der Waals surface area (Å²) in [6.07, 6.45) is 0. The summed E-state index contributed by atoms with van der Waals surface area (Å²) in [7, 11) is 1.86. The van der Waals surface area contributed by atoms with E-state index in [9.17, 15) is 9.59 Å². The Morgan fingerprint density at radius 2 is 1.89 bits per heavy atom. The molecular weight excluding hydrogens is 340 g/mol. The van der Waals surface area contributed by atoms with Crippen LogP contribution in [0.4, 0.5) is 5.69 Å². The van der Waals surface area contributed by atoms with Crippen molar-refractivity contribution in [3.8, 4) is 0 Å². The van der Waals surface area contributed by atoms with Crippen LogP contribution in [0.2, 0.25) is 0 Å². The van der Waals surface area contributed by atoms with Crippen molar-refractivity contribution in [2.24, 2.45) is 0 Å². The van der Waals surface area contributed by atoms with Crippen molar-refractivity contribution < 1.29 is 9.21 Å². The molecule has 0 saturated carbocycles. The number of nitrogens with one attached hydrogen (secondary N) is 1. The molecule has 0 atom stereocenters. The monoisotopic (exact) mass is 364 g/mol. The third kappa shape index (κ3) is 4.44. The van der Waals surface area contributed by atoms with Crippen molar-refractivity contribution in [3.05, 3.63) is 75.1 Å². The van der Waals surface area contributed by atoms with Gasteiger partial charge in [0.2, 0.25) is 5.91 Å². The fourth-order valence-corrected chi connectivity index (χ4v) is 3.14. The van der Waals surface area contributed by atoms with Crippen LogP contribution in [0, 0.1) is 20.8 Å². The Balaban J connectivity index is 1.73. The van der Waals surface area contributed by atoms with Crippen LogP contribution in [-0.4, -0.2) is 24.4 Å². The first kappa shape index (κ1) is 18.9. The first-order chi connectivity index (χ1) is 12.8. The highest BCUT2D eigenvalue weighted by atomic mass is 16.4. The lowest BCUT2D eigenvalue weighted by Crippen LogP contribution is -2.30. The van der Waals surface area contributed by atoms with E-state index in [0.29, 0.717) is 12.1 Å². The second-order valence-corrected chi connectivity index (χ2v) is 7.06. The Hall–Kier alpha value is -2.92. The summed E-state index contributed by atoms with van der Waals surface area (Å²) in [5.74, 6) is -0.0886. The van der Waals surface area contributed by atoms with Crippen molar-refractivity contribution in [2.75, 3.05) is 18.9 Å². The molecule has 3 rings (SSSR count). The van der Waals surface area contributed by atoms with Gasteiger partial charge in [-0.2, -0.15) is 0 Å². The molecule has 0 saturated heterocycles. The molecule has 0 fully saturated rings. The number of amides is 1. The fourth-order valence-electron chi connectivity index (χ4n) is 3.14. The number of carbonyl (C=O) groups excluding carboxylic acids is 1. The van der Waals surface area contributed by atoms with E-state index in [2.05, 4.69) is 5.32 Å². The van der Waals surface area contributed by atoms with E-state index in [1.165, 1.54) is 6.07 Å². The molecule has 0 radical (unpaired) electrons. The van der Waals surface area contributed by atoms with E-state index in [-0.39, 0.29) is 18.1 Å². The molecule has 0 unspecified atom stereocenters. The molecule has 1 heterocycles. The summed E-state index contributed by atoms with van der Waals surface area (Å²) in [6.45, 7) is 6.67. The van der Waals surface area contributed by atoms with Crippen molar-refractivity contribution in [1.29, 1.82) is 0 Å². The van der Waals surface area contributed by atoms with Crippen LogP contribution in [0.15, 0.2) is 51.7 Å². The van der Waals surface area contributed by atoms with Crippen molar-refractivity contribution in [1.82, 2.24) is 4.90 Å². The van der Waals surface area contributed by atoms with Gasteiger partial charge in [0.15, 0.2) is 0 Å². The Morgan fingerprint density at radius 1 is 1.11 bits per heavy atom. The summed E-state index contributed by atoms with van der Waals surface area (Å²) in [5.41, 5.74) is 5.11. The lowest BCUT2D eigenvalue weighted by atomic mass is 10.1. The number of hydrogen-bond acceptors (Lipinski definition) is 4. The molecule has 1 amide bonds. The van der Waals surface area contributed by atoms with Gasteiger partial charge in [-0.25, -0.2) is 4.79 Å². The number of carbonyl (C=O) groups is 1. The zero-order valence-corrected chi connectivity index (χ0v) is 16.1. The van der Waals surface area contributed by atoms with Crippen LogP contribution in [0.25, 0.3) is 11.0 Å². The maximum absolute atomic E-state index is 12.4. The highest BCUT2D eigenvalue weighted by Crippen LogP contribution is 2.20. The van der Waals surface area contributed by atoms with Crippen LogP contribution in [-0.2, 0) is 11.3 Å². The Bertz CT molecular complexity index is 1050. The first-order valence-corrected chi connectivity index (χ1v) is 8.91. The molecule has 0 spiro atoms. The number of benzene rings is 2. The number of anilines is 1. The lowest BCUT2D eigenvalue weighted by molar-refractivity contribution is -0.117. The highest BCUT2D eigenvalue weighted by molar-refractivity contribution is 5.93. The Kier molecular flexibility index (Phi) is 5.42. The summed E-state index contributed by atoms with van der Waals surface area (Å²) in [4.78, 5) is 26.2. The van der Waals surface area contributed by atoms with E-state index in [0.717, 1.165) is 33.3 Å². The van der Waals surface area contributed by atoms with Gasteiger partial charge in [0.1, 0.15) is 5.58 Å². The fraction of sp³-hybridized carbons (Fsp3) is 0.273. The van der Waals surface area contributed by atoms with Gasteiger partial charge >= 0.3 is 5.63 Å². The van der Waals surface area contributed by atoms with Crippen LogP contribution < -0.4 is 10.9 Å². The summed E-state index contributed by atoms with van der Waals surface area (Å²) in [5, 5.41) is 3.85. The molecule has 0 aliphatic heterocycles. The van der Waals surface area contributed by atoms with Crippen LogP contribution >= 0.6 is 0 Å². The number of likely N-dealkylation sites (N-methyl/N-ethyl adjacent to an activating group) is 1. The topological polar surface area (TPSA) is 62.6 Å². The number of aryl methyl sites for hydroxylation is 2. The third-order valence-corrected chi connectivity index (χ3v) is 4.72. The predicted molar refractivity (Wildman–Crippen MR) is 108 cm³/mol. The van der Waals surface area contributed by atoms with Crippen molar-refractivity contribution in [2.45, 2.75) is 27.3 Å². The van der Waals surface area contributed by atoms with Gasteiger partial charge in [0.25, 0.3) is 0 Å². The van der Waals surface area contributed by atoms with E-state index in [1.807, 2.05) is 69.1 Å². The van der Waals surface area contributed by atoms with Crippen molar-refractivity contribution in [3.63, 3.8) is 0 Å². The molecule has 3 aromatic rings. The van der Waals surface area contributed by atoms with Gasteiger partial charge in [-0.1, -0.05) is 24.3 Å². The first-order valence-electron chi connectivity index (χ1n) is 8.91. The molecule has 0 aliphatic rings. The number of fused-ring (bicyclic) bond motifs is 1. The maximum atomic E-state index is 12.4. The zero-order chi connectivity index (χ0) is 19.6. The van der Waals surface area contributed by atoms with Crippen LogP contribution in [0.3, 0.4) is 0 Å². The van der Waals surface area contributed by atoms with Gasteiger partial charge in [0.05, 0.1) is 6.54 Å². The summed E-state index contributed by atoms with van der Waals surface area (Å²) >= 11 is 0. The Labute approximate surface area is 158 Å². The van der Waals surface area contributed by atoms with Crippen LogP contribution in [0.1, 0.15) is 22.3 Å². The molecule has 5 heteroatoms. The zero-order valence-electron chi connectivity index (χ0n) is 16.1. The lowest BCUT2D eigenvalue weighted by Gasteiger charge is -2.18. The minimum absolute atomic E-state index is 0.0886. The molecule has 0 aliphatic carbocycles. The normalized spacial score (nSPS) is 11.1. The average molecular weight is 364 g/mol. The smallest absolute Gasteiger partial charge is 0.336 e. The molecule has 1 aromatic heterocycles. The molecule has 27 heavy (non-hydrogen) atoms. The summed E-state index contributed by atoms with van der Waals surface area (Å²) < 4.78 is 5.30. The molecule has 2 aromatic carbocycles. The van der Waals surface area contributed by atoms with E-state index in [1.54, 1.807) is 0 Å². The van der Waals surface area contributed by atoms with Gasteiger partial charge in [-0.3, -0.25) is 9.69 Å². The maximum Gasteiger partial charge on any atom is 0.336 e. The molecule has 1 N–H and O–H groups in total. The van der Waals surface area contributed by atoms with E-state index in [4.69, 9.17) is 4.42 Å². The summed E-state index contributed by atoms with van der Waals surface area (Å²) in [6, 6.07) is 13.1. The number of rotatable bonds is 5. The Morgan fingerprint density at radius 3 is 2.67 bits per heavy atom.